The fourth-order valence-corrected chi connectivity index (χ4v) is 8.22. The van der Waals surface area contributed by atoms with Gasteiger partial charge in [-0.25, -0.2) is 5.01 Å². The first-order chi connectivity index (χ1) is 17.3. The van der Waals surface area contributed by atoms with Crippen molar-refractivity contribution < 1.29 is 19.2 Å². The molecule has 2 aliphatic carbocycles. The lowest BCUT2D eigenvalue weighted by Gasteiger charge is -2.36. The van der Waals surface area contributed by atoms with Crippen molar-refractivity contribution in [2.75, 3.05) is 6.54 Å². The van der Waals surface area contributed by atoms with Crippen LogP contribution >= 0.6 is 81.2 Å². The molecule has 6 nitrogen and oxygen atoms in total. The molecule has 2 aromatic carbocycles. The van der Waals surface area contributed by atoms with Crippen LogP contribution in [0.15, 0.2) is 64.7 Å². The highest BCUT2D eigenvalue weighted by Gasteiger charge is 2.88. The lowest BCUT2D eigenvalue weighted by molar-refractivity contribution is -0.154. The number of Topliss-reactive ketones (excluding diaryl/α,β-unsaturated/α-hetero) is 1. The summed E-state index contributed by atoms with van der Waals surface area (Å²) in [4.78, 5) is 50.4. The number of nitrogens with zero attached hydrogens (tertiary/aromatic N) is 2. The van der Waals surface area contributed by atoms with Gasteiger partial charge in [0.15, 0.2) is 10.1 Å². The molecule has 13 heteroatoms. The van der Waals surface area contributed by atoms with E-state index in [9.17, 15) is 19.2 Å². The Balaban J connectivity index is 1.61. The van der Waals surface area contributed by atoms with Crippen LogP contribution in [0.4, 0.5) is 0 Å². The van der Waals surface area contributed by atoms with Gasteiger partial charge in [-0.2, -0.15) is 5.01 Å². The molecule has 0 spiro atoms. The summed E-state index contributed by atoms with van der Waals surface area (Å²) in [6.07, 6.45) is 0. The van der Waals surface area contributed by atoms with Crippen molar-refractivity contribution in [3.63, 3.8) is 0 Å². The molecule has 0 aromatic heterocycles. The normalized spacial score (nSPS) is 29.6. The van der Waals surface area contributed by atoms with Crippen molar-refractivity contribution in [3.8, 4) is 0 Å². The molecule has 0 radical (unpaired) electrons. The number of benzene rings is 2. The Morgan fingerprint density at radius 2 is 1.27 bits per heavy atom. The monoisotopic (exact) mass is 638 g/mol. The topological polar surface area (TPSA) is 74.8 Å². The second-order valence-electron chi connectivity index (χ2n) is 8.70. The van der Waals surface area contributed by atoms with Gasteiger partial charge < -0.3 is 0 Å². The average Bonchev–Trinajstić information content (AvgIpc) is 3.26. The number of imide groups is 1. The van der Waals surface area contributed by atoms with E-state index in [2.05, 4.69) is 0 Å². The number of ketones is 1. The van der Waals surface area contributed by atoms with Crippen LogP contribution in [0.1, 0.15) is 20.7 Å². The number of rotatable bonds is 5. The van der Waals surface area contributed by atoms with E-state index < -0.39 is 56.0 Å². The third kappa shape index (κ3) is 3.40. The summed E-state index contributed by atoms with van der Waals surface area (Å²) in [6.45, 7) is -0.683. The number of hydrogen-bond donors (Lipinski definition) is 0. The first-order valence-corrected chi connectivity index (χ1v) is 13.3. The number of halogens is 7. The summed E-state index contributed by atoms with van der Waals surface area (Å²) in [5, 5.41) is 0.748. The summed E-state index contributed by atoms with van der Waals surface area (Å²) < 4.78 is -2.14. The molecule has 3 amide bonds. The highest BCUT2D eigenvalue weighted by Crippen LogP contribution is 2.77. The standard InChI is InChI=1S/C24H13Cl7N2O4/c25-13-9-5-4-8-12(13)19(35)32(10-14(34)11-6-2-1-3-7-11)33-20(36)15-16(21(33)37)23(29)18(27)17(26)22(15,28)24(23,30)31/h1-9,15-16H,10H2/t15-,16-,22-,23-/m1/s1. The van der Waals surface area contributed by atoms with Crippen molar-refractivity contribution >= 4 is 105 Å². The minimum absolute atomic E-state index is 0.0416. The van der Waals surface area contributed by atoms with E-state index >= 15 is 0 Å². The highest BCUT2D eigenvalue weighted by molar-refractivity contribution is 6.66. The van der Waals surface area contributed by atoms with Gasteiger partial charge >= 0.3 is 0 Å². The van der Waals surface area contributed by atoms with Crippen LogP contribution in [-0.2, 0) is 9.59 Å². The third-order valence-electron chi connectivity index (χ3n) is 6.85. The molecule has 2 bridgehead atoms. The largest absolute Gasteiger partial charge is 0.292 e. The molecular weight excluding hydrogens is 628 g/mol. The van der Waals surface area contributed by atoms with Crippen molar-refractivity contribution in [2.24, 2.45) is 11.8 Å². The van der Waals surface area contributed by atoms with Crippen molar-refractivity contribution in [2.45, 2.75) is 14.1 Å². The molecule has 4 atom stereocenters. The van der Waals surface area contributed by atoms with Crippen molar-refractivity contribution in [1.82, 2.24) is 10.0 Å². The van der Waals surface area contributed by atoms with Gasteiger partial charge in [-0.1, -0.05) is 100 Å². The Labute approximate surface area is 245 Å². The zero-order chi connectivity index (χ0) is 27.1. The maximum absolute atomic E-state index is 13.8. The van der Waals surface area contributed by atoms with Crippen LogP contribution in [0, 0.1) is 11.8 Å². The molecule has 3 aliphatic rings. The highest BCUT2D eigenvalue weighted by atomic mass is 35.5. The van der Waals surface area contributed by atoms with Gasteiger partial charge in [0.25, 0.3) is 17.7 Å². The van der Waals surface area contributed by atoms with E-state index in [1.54, 1.807) is 30.3 Å². The number of hydrogen-bond acceptors (Lipinski definition) is 4. The fraction of sp³-hybridized carbons (Fsp3) is 0.250. The second kappa shape index (κ2) is 9.02. The summed E-state index contributed by atoms with van der Waals surface area (Å²) in [5.74, 6) is -6.33. The molecule has 1 aliphatic heterocycles. The maximum Gasteiger partial charge on any atom is 0.274 e. The summed E-state index contributed by atoms with van der Waals surface area (Å²) >= 11 is 45.5. The first kappa shape index (κ1) is 27.1. The van der Waals surface area contributed by atoms with Crippen LogP contribution in [0.3, 0.4) is 0 Å². The molecule has 1 saturated heterocycles. The number of carbonyl (C=O) groups excluding carboxylic acids is 4. The second-order valence-corrected chi connectivity index (χ2v) is 12.4. The fourth-order valence-electron chi connectivity index (χ4n) is 5.08. The quantitative estimate of drug-likeness (QED) is 0.227. The zero-order valence-electron chi connectivity index (χ0n) is 18.2. The van der Waals surface area contributed by atoms with Crippen LogP contribution in [0.25, 0.3) is 0 Å². The minimum Gasteiger partial charge on any atom is -0.292 e. The van der Waals surface area contributed by atoms with Gasteiger partial charge in [0.05, 0.1) is 32.5 Å². The SMILES string of the molecule is O=C(CN(C(=O)c1ccccc1Cl)N1C(=O)[C@H]2[C@H](C1=O)[C@@]1(Cl)C(Cl)=C(Cl)[C@@]2(Cl)C1(Cl)Cl)c1ccccc1. The van der Waals surface area contributed by atoms with Crippen molar-refractivity contribution in [1.29, 1.82) is 0 Å². The molecule has 37 heavy (non-hydrogen) atoms. The van der Waals surface area contributed by atoms with Gasteiger partial charge in [0.1, 0.15) is 16.3 Å². The van der Waals surface area contributed by atoms with E-state index in [0.717, 1.165) is 0 Å². The van der Waals surface area contributed by atoms with Gasteiger partial charge in [-0.3, -0.25) is 19.2 Å². The van der Waals surface area contributed by atoms with Gasteiger partial charge in [-0.15, -0.1) is 23.2 Å². The molecule has 5 rings (SSSR count). The third-order valence-corrected chi connectivity index (χ3v) is 11.4. The predicted octanol–water partition coefficient (Wildman–Crippen LogP) is 6.03. The molecule has 1 heterocycles. The number of alkyl halides is 4. The van der Waals surface area contributed by atoms with E-state index in [1.807, 2.05) is 0 Å². The Bertz CT molecular complexity index is 1370. The minimum atomic E-state index is -2.14. The van der Waals surface area contributed by atoms with Gasteiger partial charge in [0.2, 0.25) is 0 Å². The first-order valence-electron chi connectivity index (χ1n) is 10.7. The molecule has 1 saturated carbocycles. The molecule has 192 valence electrons. The van der Waals surface area contributed by atoms with E-state index in [1.165, 1.54) is 24.3 Å². The number of amides is 3. The van der Waals surface area contributed by atoms with Crippen LogP contribution in [-0.4, -0.2) is 54.1 Å². The van der Waals surface area contributed by atoms with Crippen LogP contribution < -0.4 is 0 Å². The summed E-state index contributed by atoms with van der Waals surface area (Å²) in [7, 11) is 0. The van der Waals surface area contributed by atoms with E-state index in [0.29, 0.717) is 10.0 Å². The van der Waals surface area contributed by atoms with Crippen molar-refractivity contribution in [3.05, 3.63) is 80.8 Å². The predicted molar refractivity (Wildman–Crippen MR) is 142 cm³/mol. The molecule has 2 aromatic rings. The van der Waals surface area contributed by atoms with Gasteiger partial charge in [0, 0.05) is 5.56 Å². The lowest BCUT2D eigenvalue weighted by atomic mass is 9.84. The Hall–Kier alpha value is -1.51. The number of hydrazine groups is 1. The lowest BCUT2D eigenvalue weighted by Crippen LogP contribution is -2.56. The molecular formula is C24H13Cl7N2O4. The van der Waals surface area contributed by atoms with E-state index in [-0.39, 0.29) is 26.2 Å². The van der Waals surface area contributed by atoms with Crippen LogP contribution in [0.5, 0.6) is 0 Å². The van der Waals surface area contributed by atoms with Crippen LogP contribution in [0.2, 0.25) is 5.02 Å². The Morgan fingerprint density at radius 3 is 1.78 bits per heavy atom. The molecule has 0 unspecified atom stereocenters. The number of carbonyl (C=O) groups is 4. The number of allylic oxidation sites excluding steroid dienone is 2. The zero-order valence-corrected chi connectivity index (χ0v) is 23.5. The average molecular weight is 642 g/mol. The molecule has 2 fully saturated rings. The summed E-state index contributed by atoms with van der Waals surface area (Å²) in [5.41, 5.74) is 0.194. The van der Waals surface area contributed by atoms with Gasteiger partial charge in [-0.05, 0) is 12.1 Å². The Kier molecular flexibility index (Phi) is 6.60. The van der Waals surface area contributed by atoms with E-state index in [4.69, 9.17) is 81.2 Å². The molecule has 0 N–H and O–H groups in total. The summed E-state index contributed by atoms with van der Waals surface area (Å²) in [6, 6.07) is 14.0. The Morgan fingerprint density at radius 1 is 0.784 bits per heavy atom. The smallest absolute Gasteiger partial charge is 0.274 e. The number of fused-ring (bicyclic) bond motifs is 5. The maximum atomic E-state index is 13.8.